The van der Waals surface area contributed by atoms with Gasteiger partial charge in [0.15, 0.2) is 0 Å². The third-order valence-electron chi connectivity index (χ3n) is 4.01. The summed E-state index contributed by atoms with van der Waals surface area (Å²) in [6.45, 7) is 7.48. The minimum atomic E-state index is -0.533. The van der Waals surface area contributed by atoms with Crippen LogP contribution in [0.4, 0.5) is 0 Å². The van der Waals surface area contributed by atoms with E-state index in [9.17, 15) is 4.79 Å². The van der Waals surface area contributed by atoms with E-state index in [1.165, 1.54) is 12.8 Å². The van der Waals surface area contributed by atoms with Crippen LogP contribution in [0.3, 0.4) is 0 Å². The molecule has 3 atom stereocenters. The third-order valence-corrected chi connectivity index (χ3v) is 4.01. The summed E-state index contributed by atoms with van der Waals surface area (Å²) >= 11 is 0. The molecule has 0 heterocycles. The Bertz CT molecular complexity index is 283. The predicted octanol–water partition coefficient (Wildman–Crippen LogP) is 2.51. The van der Waals surface area contributed by atoms with Crippen LogP contribution >= 0.6 is 0 Å². The van der Waals surface area contributed by atoms with E-state index in [0.29, 0.717) is 12.5 Å². The van der Waals surface area contributed by atoms with Crippen molar-refractivity contribution in [1.82, 2.24) is 5.32 Å². The highest BCUT2D eigenvalue weighted by Gasteiger charge is 2.45. The lowest BCUT2D eigenvalue weighted by molar-refractivity contribution is -0.151. The maximum Gasteiger partial charge on any atom is 0.326 e. The molecule has 112 valence electrons. The fourth-order valence-electron chi connectivity index (χ4n) is 2.80. The van der Waals surface area contributed by atoms with E-state index in [4.69, 9.17) is 9.47 Å². The molecule has 3 unspecified atom stereocenters. The van der Waals surface area contributed by atoms with Gasteiger partial charge in [0.05, 0.1) is 12.7 Å². The molecule has 1 N–H and O–H groups in total. The van der Waals surface area contributed by atoms with Gasteiger partial charge in [-0.05, 0) is 39.2 Å². The Morgan fingerprint density at radius 2 is 2.21 bits per heavy atom. The molecule has 4 nitrogen and oxygen atoms in total. The van der Waals surface area contributed by atoms with Crippen molar-refractivity contribution in [3.8, 4) is 0 Å². The number of ether oxygens (including phenoxy) is 2. The Hall–Kier alpha value is -0.610. The van der Waals surface area contributed by atoms with Crippen molar-refractivity contribution >= 4 is 5.97 Å². The normalized spacial score (nSPS) is 28.3. The Morgan fingerprint density at radius 1 is 1.47 bits per heavy atom. The second kappa shape index (κ2) is 7.85. The highest BCUT2D eigenvalue weighted by atomic mass is 16.5. The first-order valence-corrected chi connectivity index (χ1v) is 7.55. The van der Waals surface area contributed by atoms with Crippen LogP contribution in [-0.2, 0) is 14.3 Å². The molecule has 0 spiro atoms. The highest BCUT2D eigenvalue weighted by molar-refractivity contribution is 5.81. The second-order valence-corrected chi connectivity index (χ2v) is 5.64. The lowest BCUT2D eigenvalue weighted by Gasteiger charge is -2.26. The number of esters is 1. The van der Waals surface area contributed by atoms with Gasteiger partial charge in [-0.2, -0.15) is 0 Å². The van der Waals surface area contributed by atoms with E-state index >= 15 is 0 Å². The molecule has 0 saturated heterocycles. The van der Waals surface area contributed by atoms with Crippen LogP contribution in [0, 0.1) is 5.92 Å². The zero-order valence-corrected chi connectivity index (χ0v) is 12.8. The summed E-state index contributed by atoms with van der Waals surface area (Å²) in [7, 11) is 1.83. The maximum atomic E-state index is 12.0. The number of hydrogen-bond acceptors (Lipinski definition) is 4. The summed E-state index contributed by atoms with van der Waals surface area (Å²) in [5.74, 6) is 0.461. The monoisotopic (exact) mass is 271 g/mol. The first-order valence-electron chi connectivity index (χ1n) is 7.55. The number of rotatable bonds is 8. The summed E-state index contributed by atoms with van der Waals surface area (Å²) in [5, 5.41) is 3.15. The summed E-state index contributed by atoms with van der Waals surface area (Å²) in [6, 6.07) is 0. The van der Waals surface area contributed by atoms with Gasteiger partial charge in [0, 0.05) is 13.0 Å². The zero-order valence-electron chi connectivity index (χ0n) is 12.8. The van der Waals surface area contributed by atoms with Crippen LogP contribution in [-0.4, -0.2) is 37.9 Å². The first kappa shape index (κ1) is 16.4. The Balaban J connectivity index is 2.44. The molecule has 1 saturated carbocycles. The topological polar surface area (TPSA) is 47.6 Å². The van der Waals surface area contributed by atoms with Crippen molar-refractivity contribution in [1.29, 1.82) is 0 Å². The Labute approximate surface area is 117 Å². The SMILES string of the molecule is CCCC(C)COC1CCC(NC)(C(=O)OCC)C1. The fraction of sp³-hybridized carbons (Fsp3) is 0.933. The van der Waals surface area contributed by atoms with Gasteiger partial charge in [-0.15, -0.1) is 0 Å². The lowest BCUT2D eigenvalue weighted by atomic mass is 9.98. The summed E-state index contributed by atoms with van der Waals surface area (Å²) in [4.78, 5) is 12.0. The molecular weight excluding hydrogens is 242 g/mol. The Kier molecular flexibility index (Phi) is 6.80. The average Bonchev–Trinajstić information content (AvgIpc) is 2.82. The minimum Gasteiger partial charge on any atom is -0.465 e. The van der Waals surface area contributed by atoms with Gasteiger partial charge >= 0.3 is 5.97 Å². The van der Waals surface area contributed by atoms with E-state index in [0.717, 1.165) is 25.9 Å². The van der Waals surface area contributed by atoms with Gasteiger partial charge in [-0.3, -0.25) is 4.79 Å². The molecule has 0 aromatic carbocycles. The van der Waals surface area contributed by atoms with Crippen molar-refractivity contribution in [2.45, 2.75) is 64.5 Å². The van der Waals surface area contributed by atoms with Crippen LogP contribution in [0.25, 0.3) is 0 Å². The van der Waals surface area contributed by atoms with Crippen LogP contribution in [0.1, 0.15) is 52.9 Å². The van der Waals surface area contributed by atoms with Crippen LogP contribution < -0.4 is 5.32 Å². The molecule has 1 fully saturated rings. The largest absolute Gasteiger partial charge is 0.465 e. The second-order valence-electron chi connectivity index (χ2n) is 5.64. The van der Waals surface area contributed by atoms with Crippen molar-refractivity contribution < 1.29 is 14.3 Å². The van der Waals surface area contributed by atoms with E-state index in [2.05, 4.69) is 19.2 Å². The molecule has 4 heteroatoms. The van der Waals surface area contributed by atoms with Crippen molar-refractivity contribution in [2.24, 2.45) is 5.92 Å². The van der Waals surface area contributed by atoms with Gasteiger partial charge in [-0.1, -0.05) is 20.3 Å². The van der Waals surface area contributed by atoms with Gasteiger partial charge in [0.2, 0.25) is 0 Å². The van der Waals surface area contributed by atoms with Crippen molar-refractivity contribution in [2.75, 3.05) is 20.3 Å². The molecule has 0 radical (unpaired) electrons. The summed E-state index contributed by atoms with van der Waals surface area (Å²) < 4.78 is 11.1. The fourth-order valence-corrected chi connectivity index (χ4v) is 2.80. The predicted molar refractivity (Wildman–Crippen MR) is 76.1 cm³/mol. The van der Waals surface area contributed by atoms with Gasteiger partial charge in [0.1, 0.15) is 5.54 Å². The standard InChI is InChI=1S/C15H29NO3/c1-5-7-12(3)11-19-13-8-9-15(10-13,16-4)14(17)18-6-2/h12-13,16H,5-11H2,1-4H3. The highest BCUT2D eigenvalue weighted by Crippen LogP contribution is 2.33. The van der Waals surface area contributed by atoms with E-state index in [-0.39, 0.29) is 12.1 Å². The van der Waals surface area contributed by atoms with Crippen LogP contribution in [0.15, 0.2) is 0 Å². The number of nitrogens with one attached hydrogen (secondary N) is 1. The number of hydrogen-bond donors (Lipinski definition) is 1. The first-order chi connectivity index (χ1) is 9.07. The molecule has 1 aliphatic rings. The van der Waals surface area contributed by atoms with Crippen LogP contribution in [0.2, 0.25) is 0 Å². The van der Waals surface area contributed by atoms with Crippen molar-refractivity contribution in [3.63, 3.8) is 0 Å². The van der Waals surface area contributed by atoms with Gasteiger partial charge < -0.3 is 14.8 Å². The molecular formula is C15H29NO3. The number of carbonyl (C=O) groups is 1. The molecule has 1 aliphatic carbocycles. The lowest BCUT2D eigenvalue weighted by Crippen LogP contribution is -2.49. The van der Waals surface area contributed by atoms with E-state index in [1.54, 1.807) is 0 Å². The van der Waals surface area contributed by atoms with Crippen LogP contribution in [0.5, 0.6) is 0 Å². The third kappa shape index (κ3) is 4.46. The number of likely N-dealkylation sites (N-methyl/N-ethyl adjacent to an activating group) is 1. The number of carbonyl (C=O) groups excluding carboxylic acids is 1. The van der Waals surface area contributed by atoms with Gasteiger partial charge in [-0.25, -0.2) is 0 Å². The molecule has 0 bridgehead atoms. The Morgan fingerprint density at radius 3 is 2.79 bits per heavy atom. The maximum absolute atomic E-state index is 12.0. The quantitative estimate of drug-likeness (QED) is 0.689. The zero-order chi connectivity index (χ0) is 14.3. The molecule has 0 aromatic heterocycles. The smallest absolute Gasteiger partial charge is 0.326 e. The average molecular weight is 271 g/mol. The summed E-state index contributed by atoms with van der Waals surface area (Å²) in [5.41, 5.74) is -0.533. The molecule has 0 aliphatic heterocycles. The van der Waals surface area contributed by atoms with E-state index in [1.807, 2.05) is 14.0 Å². The molecule has 0 aromatic rings. The van der Waals surface area contributed by atoms with Crippen molar-refractivity contribution in [3.05, 3.63) is 0 Å². The molecule has 0 amide bonds. The summed E-state index contributed by atoms with van der Waals surface area (Å²) in [6.07, 6.45) is 5.02. The minimum absolute atomic E-state index is 0.134. The van der Waals surface area contributed by atoms with Gasteiger partial charge in [0.25, 0.3) is 0 Å². The van der Waals surface area contributed by atoms with E-state index < -0.39 is 5.54 Å². The molecule has 1 rings (SSSR count). The molecule has 19 heavy (non-hydrogen) atoms.